The molecule has 1 saturated heterocycles. The molecule has 0 unspecified atom stereocenters. The maximum absolute atomic E-state index is 12.2. The molecule has 4 heterocycles. The lowest BCUT2D eigenvalue weighted by Crippen LogP contribution is -2.33. The maximum Gasteiger partial charge on any atom is 0.235 e. The molecule has 8 nitrogen and oxygen atoms in total. The standard InChI is InChI=1S/C18H25N5O3S2/c1-10-14(12(3)23(21-10)18(4)6-7-28(25,26)9-18)16-15-11(2)20-22(5)17(15)19-13(24)8-27-16/h16H,6-9H2,1-5H3,(H,19,24)/t16-,18-/m1/s1. The van der Waals surface area contributed by atoms with Gasteiger partial charge in [-0.3, -0.25) is 14.2 Å². The van der Waals surface area contributed by atoms with Crippen LogP contribution in [0, 0.1) is 20.8 Å². The quantitative estimate of drug-likeness (QED) is 0.791. The van der Waals surface area contributed by atoms with Crippen LogP contribution in [0.5, 0.6) is 0 Å². The van der Waals surface area contributed by atoms with E-state index < -0.39 is 15.4 Å². The smallest absolute Gasteiger partial charge is 0.235 e. The van der Waals surface area contributed by atoms with Crippen molar-refractivity contribution in [3.63, 3.8) is 0 Å². The number of hydrogen-bond acceptors (Lipinski definition) is 6. The van der Waals surface area contributed by atoms with Gasteiger partial charge in [0.15, 0.2) is 9.84 Å². The van der Waals surface area contributed by atoms with Gasteiger partial charge in [0.1, 0.15) is 5.82 Å². The minimum absolute atomic E-state index is 0.0479. The summed E-state index contributed by atoms with van der Waals surface area (Å²) in [5.74, 6) is 1.32. The summed E-state index contributed by atoms with van der Waals surface area (Å²) < 4.78 is 27.8. The number of hydrogen-bond donors (Lipinski definition) is 1. The van der Waals surface area contributed by atoms with Gasteiger partial charge < -0.3 is 5.32 Å². The Labute approximate surface area is 169 Å². The number of carbonyl (C=O) groups is 1. The highest BCUT2D eigenvalue weighted by atomic mass is 32.2. The first-order chi connectivity index (χ1) is 13.0. The van der Waals surface area contributed by atoms with Crippen molar-refractivity contribution < 1.29 is 13.2 Å². The topological polar surface area (TPSA) is 98.9 Å². The second-order valence-electron chi connectivity index (χ2n) is 8.05. The first-order valence-corrected chi connectivity index (χ1v) is 12.1. The van der Waals surface area contributed by atoms with E-state index in [4.69, 9.17) is 5.10 Å². The minimum atomic E-state index is -3.05. The normalized spacial score (nSPS) is 26.8. The summed E-state index contributed by atoms with van der Waals surface area (Å²) in [6, 6.07) is 0. The minimum Gasteiger partial charge on any atom is -0.310 e. The second kappa shape index (κ2) is 6.35. The molecule has 0 aromatic carbocycles. The number of anilines is 1. The molecular formula is C18H25N5O3S2. The zero-order valence-electron chi connectivity index (χ0n) is 16.7. The average Bonchev–Trinajstić information content (AvgIpc) is 3.09. The van der Waals surface area contributed by atoms with E-state index in [1.54, 1.807) is 16.4 Å². The fourth-order valence-electron chi connectivity index (χ4n) is 4.50. The van der Waals surface area contributed by atoms with Gasteiger partial charge >= 0.3 is 0 Å². The summed E-state index contributed by atoms with van der Waals surface area (Å²) in [7, 11) is -1.22. The summed E-state index contributed by atoms with van der Waals surface area (Å²) in [6.07, 6.45) is 0.561. The molecule has 2 aliphatic rings. The molecule has 0 bridgehead atoms. The van der Waals surface area contributed by atoms with E-state index in [2.05, 4.69) is 10.4 Å². The fraction of sp³-hybridized carbons (Fsp3) is 0.611. The summed E-state index contributed by atoms with van der Waals surface area (Å²) in [5.41, 5.74) is 4.20. The van der Waals surface area contributed by atoms with Crippen LogP contribution >= 0.6 is 11.8 Å². The van der Waals surface area contributed by atoms with Gasteiger partial charge in [-0.25, -0.2) is 8.42 Å². The lowest BCUT2D eigenvalue weighted by molar-refractivity contribution is -0.113. The predicted molar refractivity (Wildman–Crippen MR) is 109 cm³/mol. The van der Waals surface area contributed by atoms with Crippen molar-refractivity contribution in [3.05, 3.63) is 28.2 Å². The Morgan fingerprint density at radius 1 is 1.18 bits per heavy atom. The van der Waals surface area contributed by atoms with Crippen molar-refractivity contribution in [1.29, 1.82) is 0 Å². The van der Waals surface area contributed by atoms with E-state index in [1.807, 2.05) is 39.4 Å². The van der Waals surface area contributed by atoms with Gasteiger partial charge in [0.2, 0.25) is 5.91 Å². The zero-order valence-corrected chi connectivity index (χ0v) is 18.4. The summed E-state index contributed by atoms with van der Waals surface area (Å²) in [4.78, 5) is 12.2. The van der Waals surface area contributed by atoms with E-state index in [9.17, 15) is 13.2 Å². The molecule has 2 aliphatic heterocycles. The van der Waals surface area contributed by atoms with Crippen molar-refractivity contribution in [1.82, 2.24) is 19.6 Å². The molecule has 0 saturated carbocycles. The van der Waals surface area contributed by atoms with E-state index in [0.29, 0.717) is 12.2 Å². The van der Waals surface area contributed by atoms with Gasteiger partial charge in [-0.15, -0.1) is 11.8 Å². The van der Waals surface area contributed by atoms with Crippen molar-refractivity contribution in [3.8, 4) is 0 Å². The number of thioether (sulfide) groups is 1. The van der Waals surface area contributed by atoms with Crippen LogP contribution in [0.2, 0.25) is 0 Å². The van der Waals surface area contributed by atoms with E-state index in [-0.39, 0.29) is 22.7 Å². The second-order valence-corrected chi connectivity index (χ2v) is 11.3. The largest absolute Gasteiger partial charge is 0.310 e. The van der Waals surface area contributed by atoms with Crippen molar-refractivity contribution in [2.45, 2.75) is 44.9 Å². The third kappa shape index (κ3) is 2.97. The molecule has 2 atom stereocenters. The van der Waals surface area contributed by atoms with Crippen LogP contribution in [0.15, 0.2) is 0 Å². The molecule has 2 aromatic rings. The maximum atomic E-state index is 12.2. The number of aromatic nitrogens is 4. The van der Waals surface area contributed by atoms with Gasteiger partial charge in [0.05, 0.1) is 39.4 Å². The van der Waals surface area contributed by atoms with Crippen LogP contribution in [-0.4, -0.2) is 51.1 Å². The van der Waals surface area contributed by atoms with E-state index >= 15 is 0 Å². The third-order valence-corrected chi connectivity index (χ3v) is 8.89. The molecule has 10 heteroatoms. The Morgan fingerprint density at radius 2 is 1.86 bits per heavy atom. The fourth-order valence-corrected chi connectivity index (χ4v) is 7.95. The molecule has 152 valence electrons. The van der Waals surface area contributed by atoms with Crippen molar-refractivity contribution >= 4 is 33.3 Å². The number of nitrogens with one attached hydrogen (secondary N) is 1. The van der Waals surface area contributed by atoms with Crippen LogP contribution in [0.1, 0.15) is 46.8 Å². The highest BCUT2D eigenvalue weighted by Gasteiger charge is 2.43. The van der Waals surface area contributed by atoms with Crippen LogP contribution in [-0.2, 0) is 27.2 Å². The Bertz CT molecular complexity index is 1090. The molecule has 0 aliphatic carbocycles. The number of fused-ring (bicyclic) bond motifs is 1. The number of carbonyl (C=O) groups excluding carboxylic acids is 1. The monoisotopic (exact) mass is 423 g/mol. The number of aryl methyl sites for hydroxylation is 3. The van der Waals surface area contributed by atoms with Crippen LogP contribution in [0.4, 0.5) is 5.82 Å². The molecule has 1 fully saturated rings. The molecule has 28 heavy (non-hydrogen) atoms. The van der Waals surface area contributed by atoms with E-state index in [0.717, 1.165) is 34.0 Å². The highest BCUT2D eigenvalue weighted by Crippen LogP contribution is 2.46. The van der Waals surface area contributed by atoms with E-state index in [1.165, 1.54) is 0 Å². The lowest BCUT2D eigenvalue weighted by atomic mass is 9.99. The summed E-state index contributed by atoms with van der Waals surface area (Å²) in [6.45, 7) is 7.87. The summed E-state index contributed by atoms with van der Waals surface area (Å²) in [5, 5.41) is 12.2. The number of nitrogens with zero attached hydrogens (tertiary/aromatic N) is 4. The molecule has 1 N–H and O–H groups in total. The van der Waals surface area contributed by atoms with Crippen molar-refractivity contribution in [2.24, 2.45) is 7.05 Å². The number of sulfone groups is 1. The van der Waals surface area contributed by atoms with Crippen LogP contribution in [0.3, 0.4) is 0 Å². The molecule has 1 amide bonds. The van der Waals surface area contributed by atoms with Crippen molar-refractivity contribution in [2.75, 3.05) is 22.6 Å². The number of rotatable bonds is 2. The van der Waals surface area contributed by atoms with Gasteiger partial charge in [0.25, 0.3) is 0 Å². The van der Waals surface area contributed by atoms with Gasteiger partial charge in [-0.05, 0) is 34.1 Å². The van der Waals surface area contributed by atoms with Gasteiger partial charge in [0, 0.05) is 23.9 Å². The Kier molecular flexibility index (Phi) is 4.42. The Balaban J connectivity index is 1.86. The molecule has 0 radical (unpaired) electrons. The average molecular weight is 424 g/mol. The van der Waals surface area contributed by atoms with Gasteiger partial charge in [-0.2, -0.15) is 10.2 Å². The first-order valence-electron chi connectivity index (χ1n) is 9.24. The summed E-state index contributed by atoms with van der Waals surface area (Å²) >= 11 is 1.56. The predicted octanol–water partition coefficient (Wildman–Crippen LogP) is 1.85. The van der Waals surface area contributed by atoms with Gasteiger partial charge in [-0.1, -0.05) is 0 Å². The molecule has 2 aromatic heterocycles. The highest BCUT2D eigenvalue weighted by molar-refractivity contribution is 8.00. The molecule has 4 rings (SSSR count). The third-order valence-electron chi connectivity index (χ3n) is 5.77. The Morgan fingerprint density at radius 3 is 2.50 bits per heavy atom. The molecule has 0 spiro atoms. The lowest BCUT2D eigenvalue weighted by Gasteiger charge is -2.25. The Hall–Kier alpha value is -1.81. The molecular weight excluding hydrogens is 398 g/mol. The van der Waals surface area contributed by atoms with Crippen LogP contribution in [0.25, 0.3) is 0 Å². The van der Waals surface area contributed by atoms with Crippen LogP contribution < -0.4 is 5.32 Å². The SMILES string of the molecule is Cc1nn(C)c2c1[C@@H](c1c(C)nn([C@]3(C)CCS(=O)(=O)C3)c1C)SCC(=O)N2. The number of amides is 1. The first kappa shape index (κ1) is 19.5. The zero-order chi connectivity index (χ0) is 20.4.